The lowest BCUT2D eigenvalue weighted by Gasteiger charge is -2.32. The van der Waals surface area contributed by atoms with Gasteiger partial charge in [0.05, 0.1) is 0 Å². The molecule has 1 amide bonds. The summed E-state index contributed by atoms with van der Waals surface area (Å²) in [5.74, 6) is -0.0770. The van der Waals surface area contributed by atoms with Gasteiger partial charge in [0, 0.05) is 25.2 Å². The van der Waals surface area contributed by atoms with E-state index < -0.39 is 6.10 Å². The zero-order valence-electron chi connectivity index (χ0n) is 11.4. The first-order valence-corrected chi connectivity index (χ1v) is 6.53. The lowest BCUT2D eigenvalue weighted by atomic mass is 10.1. The van der Waals surface area contributed by atoms with E-state index in [0.717, 1.165) is 12.8 Å². The molecule has 1 atom stereocenters. The Labute approximate surface area is 124 Å². The highest BCUT2D eigenvalue weighted by Crippen LogP contribution is 2.16. The van der Waals surface area contributed by atoms with E-state index in [9.17, 15) is 9.18 Å². The average molecular weight is 303 g/mol. The van der Waals surface area contributed by atoms with Crippen molar-refractivity contribution in [2.24, 2.45) is 5.73 Å². The maximum absolute atomic E-state index is 13.0. The van der Waals surface area contributed by atoms with Crippen LogP contribution in [0.15, 0.2) is 24.3 Å². The Kier molecular flexibility index (Phi) is 6.23. The normalized spacial score (nSPS) is 17.2. The number of hydrogen-bond acceptors (Lipinski definition) is 3. The van der Waals surface area contributed by atoms with Gasteiger partial charge in [-0.2, -0.15) is 0 Å². The molecule has 1 aromatic carbocycles. The van der Waals surface area contributed by atoms with Crippen LogP contribution >= 0.6 is 12.4 Å². The number of rotatable bonds is 3. The fourth-order valence-corrected chi connectivity index (χ4v) is 2.17. The standard InChI is InChI=1S/C14H19FN2O2.ClH/c1-10(19-13-4-2-3-11(15)9-13)14(18)17-7-5-12(16)6-8-17;/h2-4,9-10,12H,5-8,16H2,1H3;1H. The third-order valence-electron chi connectivity index (χ3n) is 3.31. The highest BCUT2D eigenvalue weighted by Gasteiger charge is 2.25. The van der Waals surface area contributed by atoms with Crippen LogP contribution in [0.25, 0.3) is 0 Å². The first-order chi connectivity index (χ1) is 9.06. The lowest BCUT2D eigenvalue weighted by Crippen LogP contribution is -2.47. The van der Waals surface area contributed by atoms with Crippen molar-refractivity contribution in [2.75, 3.05) is 13.1 Å². The van der Waals surface area contributed by atoms with Crippen LogP contribution in [0, 0.1) is 5.82 Å². The number of halogens is 2. The summed E-state index contributed by atoms with van der Waals surface area (Å²) in [6, 6.07) is 5.99. The summed E-state index contributed by atoms with van der Waals surface area (Å²) < 4.78 is 18.5. The third kappa shape index (κ3) is 4.35. The van der Waals surface area contributed by atoms with E-state index in [0.29, 0.717) is 18.8 Å². The molecule has 0 aromatic heterocycles. The minimum Gasteiger partial charge on any atom is -0.481 e. The Hall–Kier alpha value is -1.33. The molecule has 1 heterocycles. The summed E-state index contributed by atoms with van der Waals surface area (Å²) in [5, 5.41) is 0. The Morgan fingerprint density at radius 2 is 2.10 bits per heavy atom. The summed E-state index contributed by atoms with van der Waals surface area (Å²) in [5.41, 5.74) is 5.80. The van der Waals surface area contributed by atoms with Crippen LogP contribution in [0.5, 0.6) is 5.75 Å². The molecule has 1 unspecified atom stereocenters. The number of carbonyl (C=O) groups is 1. The zero-order valence-corrected chi connectivity index (χ0v) is 12.2. The summed E-state index contributed by atoms with van der Waals surface area (Å²) in [4.78, 5) is 13.9. The molecular formula is C14H20ClFN2O2. The van der Waals surface area contributed by atoms with Crippen molar-refractivity contribution in [3.05, 3.63) is 30.1 Å². The van der Waals surface area contributed by atoms with Gasteiger partial charge < -0.3 is 15.4 Å². The topological polar surface area (TPSA) is 55.6 Å². The van der Waals surface area contributed by atoms with E-state index in [1.54, 1.807) is 24.0 Å². The van der Waals surface area contributed by atoms with Crippen molar-refractivity contribution in [3.63, 3.8) is 0 Å². The fourth-order valence-electron chi connectivity index (χ4n) is 2.17. The Bertz CT molecular complexity index is 451. The second-order valence-corrected chi connectivity index (χ2v) is 4.88. The smallest absolute Gasteiger partial charge is 0.263 e. The molecule has 6 heteroatoms. The predicted octanol–water partition coefficient (Wildman–Crippen LogP) is 1.96. The predicted molar refractivity (Wildman–Crippen MR) is 77.5 cm³/mol. The minimum absolute atomic E-state index is 0. The van der Waals surface area contributed by atoms with Crippen LogP contribution in [-0.4, -0.2) is 36.0 Å². The average Bonchev–Trinajstić information content (AvgIpc) is 2.39. The fraction of sp³-hybridized carbons (Fsp3) is 0.500. The van der Waals surface area contributed by atoms with Gasteiger partial charge in [-0.05, 0) is 31.9 Å². The van der Waals surface area contributed by atoms with E-state index in [-0.39, 0.29) is 30.2 Å². The van der Waals surface area contributed by atoms with Crippen LogP contribution in [-0.2, 0) is 4.79 Å². The molecule has 0 aliphatic carbocycles. The van der Waals surface area contributed by atoms with Crippen molar-refractivity contribution >= 4 is 18.3 Å². The van der Waals surface area contributed by atoms with Crippen LogP contribution in [0.2, 0.25) is 0 Å². The molecule has 0 bridgehead atoms. The molecule has 1 aliphatic rings. The van der Waals surface area contributed by atoms with E-state index >= 15 is 0 Å². The number of hydrogen-bond donors (Lipinski definition) is 1. The lowest BCUT2D eigenvalue weighted by molar-refractivity contribution is -0.139. The van der Waals surface area contributed by atoms with Crippen LogP contribution in [0.3, 0.4) is 0 Å². The van der Waals surface area contributed by atoms with E-state index in [1.807, 2.05) is 0 Å². The molecular weight excluding hydrogens is 283 g/mol. The van der Waals surface area contributed by atoms with Crippen molar-refractivity contribution in [1.82, 2.24) is 4.90 Å². The number of likely N-dealkylation sites (tertiary alicyclic amines) is 1. The van der Waals surface area contributed by atoms with Crippen molar-refractivity contribution in [3.8, 4) is 5.75 Å². The molecule has 20 heavy (non-hydrogen) atoms. The molecule has 1 aromatic rings. The molecule has 1 saturated heterocycles. The number of benzene rings is 1. The quantitative estimate of drug-likeness (QED) is 0.928. The molecule has 4 nitrogen and oxygen atoms in total. The molecule has 0 saturated carbocycles. The van der Waals surface area contributed by atoms with Crippen LogP contribution < -0.4 is 10.5 Å². The van der Waals surface area contributed by atoms with Gasteiger partial charge in [0.15, 0.2) is 6.10 Å². The van der Waals surface area contributed by atoms with Crippen molar-refractivity contribution < 1.29 is 13.9 Å². The third-order valence-corrected chi connectivity index (χ3v) is 3.31. The Balaban J connectivity index is 0.00000200. The first-order valence-electron chi connectivity index (χ1n) is 6.53. The maximum Gasteiger partial charge on any atom is 0.263 e. The van der Waals surface area contributed by atoms with E-state index in [1.165, 1.54) is 12.1 Å². The summed E-state index contributed by atoms with van der Waals surface area (Å²) in [6.45, 7) is 3.01. The molecule has 2 rings (SSSR count). The van der Waals surface area contributed by atoms with Gasteiger partial charge in [-0.1, -0.05) is 6.07 Å². The van der Waals surface area contributed by atoms with Gasteiger partial charge in [0.2, 0.25) is 0 Å². The summed E-state index contributed by atoms with van der Waals surface area (Å²) in [6.07, 6.45) is 1.02. The number of ether oxygens (including phenoxy) is 1. The van der Waals surface area contributed by atoms with Crippen molar-refractivity contribution in [1.29, 1.82) is 0 Å². The minimum atomic E-state index is -0.615. The summed E-state index contributed by atoms with van der Waals surface area (Å²) >= 11 is 0. The molecule has 0 spiro atoms. The Morgan fingerprint density at radius 3 is 2.70 bits per heavy atom. The summed E-state index contributed by atoms with van der Waals surface area (Å²) in [7, 11) is 0. The van der Waals surface area contributed by atoms with Gasteiger partial charge in [-0.3, -0.25) is 4.79 Å². The van der Waals surface area contributed by atoms with Crippen LogP contribution in [0.1, 0.15) is 19.8 Å². The van der Waals surface area contributed by atoms with Gasteiger partial charge in [-0.15, -0.1) is 12.4 Å². The number of nitrogens with zero attached hydrogens (tertiary/aromatic N) is 1. The van der Waals surface area contributed by atoms with Crippen molar-refractivity contribution in [2.45, 2.75) is 31.9 Å². The SMILES string of the molecule is CC(Oc1cccc(F)c1)C(=O)N1CCC(N)CC1.Cl. The molecule has 0 radical (unpaired) electrons. The van der Waals surface area contributed by atoms with E-state index in [2.05, 4.69) is 0 Å². The highest BCUT2D eigenvalue weighted by atomic mass is 35.5. The van der Waals surface area contributed by atoms with Gasteiger partial charge in [0.25, 0.3) is 5.91 Å². The largest absolute Gasteiger partial charge is 0.481 e. The number of piperidine rings is 1. The molecule has 112 valence electrons. The second-order valence-electron chi connectivity index (χ2n) is 4.88. The second kappa shape index (κ2) is 7.45. The van der Waals surface area contributed by atoms with Crippen LogP contribution in [0.4, 0.5) is 4.39 Å². The number of amides is 1. The molecule has 2 N–H and O–H groups in total. The monoisotopic (exact) mass is 302 g/mol. The first kappa shape index (κ1) is 16.7. The maximum atomic E-state index is 13.0. The van der Waals surface area contributed by atoms with Gasteiger partial charge in [-0.25, -0.2) is 4.39 Å². The van der Waals surface area contributed by atoms with Gasteiger partial charge in [0.1, 0.15) is 11.6 Å². The number of carbonyl (C=O) groups excluding carboxylic acids is 1. The van der Waals surface area contributed by atoms with E-state index in [4.69, 9.17) is 10.5 Å². The highest BCUT2D eigenvalue weighted by molar-refractivity contribution is 5.85. The molecule has 1 aliphatic heterocycles. The van der Waals surface area contributed by atoms with Gasteiger partial charge >= 0.3 is 0 Å². The number of nitrogens with two attached hydrogens (primary N) is 1. The molecule has 1 fully saturated rings. The zero-order chi connectivity index (χ0) is 13.8. The Morgan fingerprint density at radius 1 is 1.45 bits per heavy atom.